The van der Waals surface area contributed by atoms with Crippen LogP contribution in [0.5, 0.6) is 5.88 Å². The van der Waals surface area contributed by atoms with Crippen LogP contribution in [0.4, 0.5) is 0 Å². The van der Waals surface area contributed by atoms with Gasteiger partial charge in [-0.1, -0.05) is 19.3 Å². The summed E-state index contributed by atoms with van der Waals surface area (Å²) in [6.07, 6.45) is 9.93. The average Bonchev–Trinajstić information content (AvgIpc) is 2.70. The number of pyridine rings is 1. The Morgan fingerprint density at radius 2 is 2.14 bits per heavy atom. The molecule has 0 bridgehead atoms. The molecule has 0 atom stereocenters. The van der Waals surface area contributed by atoms with E-state index in [-0.39, 0.29) is 0 Å². The number of hydrogen-bond acceptors (Lipinski definition) is 4. The van der Waals surface area contributed by atoms with Crippen molar-refractivity contribution >= 4 is 0 Å². The largest absolute Gasteiger partial charge is 0.481 e. The molecular weight excluding hydrogens is 262 g/mol. The van der Waals surface area contributed by atoms with E-state index >= 15 is 0 Å². The average molecular weight is 289 g/mol. The third kappa shape index (κ3) is 3.74. The summed E-state index contributed by atoms with van der Waals surface area (Å²) in [6, 6.07) is 4.17. The van der Waals surface area contributed by atoms with Gasteiger partial charge in [-0.05, 0) is 44.0 Å². The monoisotopic (exact) mass is 289 g/mol. The highest BCUT2D eigenvalue weighted by atomic mass is 16.5. The number of nitrogens with zero attached hydrogens (tertiary/aromatic N) is 2. The summed E-state index contributed by atoms with van der Waals surface area (Å²) in [4.78, 5) is 6.81. The molecule has 1 spiro atoms. The molecule has 116 valence electrons. The van der Waals surface area contributed by atoms with Crippen LogP contribution in [-0.4, -0.2) is 42.2 Å². The van der Waals surface area contributed by atoms with Crippen LogP contribution >= 0.6 is 0 Å². The van der Waals surface area contributed by atoms with Gasteiger partial charge in [0, 0.05) is 30.9 Å². The summed E-state index contributed by atoms with van der Waals surface area (Å²) in [6.45, 7) is 4.52. The Bertz CT molecular complexity index is 457. The SMILES string of the molecule is COc1cc(CN2CCCNC3(CCCCC3)C2)ccn1. The Morgan fingerprint density at radius 1 is 1.29 bits per heavy atom. The van der Waals surface area contributed by atoms with Gasteiger partial charge in [-0.15, -0.1) is 0 Å². The molecule has 1 aromatic heterocycles. The molecule has 1 N–H and O–H groups in total. The van der Waals surface area contributed by atoms with Gasteiger partial charge in [0.2, 0.25) is 5.88 Å². The van der Waals surface area contributed by atoms with E-state index in [9.17, 15) is 0 Å². The number of ether oxygens (including phenoxy) is 1. The molecule has 2 fully saturated rings. The maximum atomic E-state index is 5.24. The fourth-order valence-corrected chi connectivity index (χ4v) is 3.84. The second-order valence-corrected chi connectivity index (χ2v) is 6.54. The summed E-state index contributed by atoms with van der Waals surface area (Å²) in [5, 5.41) is 3.86. The Labute approximate surface area is 127 Å². The summed E-state index contributed by atoms with van der Waals surface area (Å²) in [5.74, 6) is 0.716. The van der Waals surface area contributed by atoms with Gasteiger partial charge >= 0.3 is 0 Å². The fraction of sp³-hybridized carbons (Fsp3) is 0.706. The number of methoxy groups -OCH3 is 1. The molecule has 1 aromatic rings. The Balaban J connectivity index is 1.68. The second-order valence-electron chi connectivity index (χ2n) is 6.54. The third-order valence-electron chi connectivity index (χ3n) is 4.90. The molecule has 21 heavy (non-hydrogen) atoms. The number of hydrogen-bond donors (Lipinski definition) is 1. The van der Waals surface area contributed by atoms with E-state index < -0.39 is 0 Å². The number of nitrogens with one attached hydrogen (secondary N) is 1. The topological polar surface area (TPSA) is 37.4 Å². The molecule has 1 saturated carbocycles. The van der Waals surface area contributed by atoms with E-state index in [1.807, 2.05) is 6.20 Å². The number of aromatic nitrogens is 1. The van der Waals surface area contributed by atoms with Gasteiger partial charge < -0.3 is 10.1 Å². The van der Waals surface area contributed by atoms with Crippen molar-refractivity contribution in [1.82, 2.24) is 15.2 Å². The molecular formula is C17H27N3O. The van der Waals surface area contributed by atoms with Crippen molar-refractivity contribution in [3.8, 4) is 5.88 Å². The normalized spacial score (nSPS) is 22.9. The summed E-state index contributed by atoms with van der Waals surface area (Å²) in [5.41, 5.74) is 1.67. The van der Waals surface area contributed by atoms with Gasteiger partial charge in [-0.3, -0.25) is 4.90 Å². The van der Waals surface area contributed by atoms with Crippen LogP contribution < -0.4 is 10.1 Å². The highest BCUT2D eigenvalue weighted by Crippen LogP contribution is 2.30. The first-order valence-electron chi connectivity index (χ1n) is 8.26. The molecule has 0 aromatic carbocycles. The molecule has 2 heterocycles. The lowest BCUT2D eigenvalue weighted by Gasteiger charge is -2.40. The predicted octanol–water partition coefficient (Wildman–Crippen LogP) is 2.59. The molecule has 4 nitrogen and oxygen atoms in total. The van der Waals surface area contributed by atoms with E-state index in [0.29, 0.717) is 11.4 Å². The van der Waals surface area contributed by atoms with Crippen molar-refractivity contribution in [2.75, 3.05) is 26.7 Å². The van der Waals surface area contributed by atoms with E-state index in [1.165, 1.54) is 57.2 Å². The summed E-state index contributed by atoms with van der Waals surface area (Å²) >= 11 is 0. The quantitative estimate of drug-likeness (QED) is 0.928. The smallest absolute Gasteiger partial charge is 0.213 e. The first-order chi connectivity index (χ1) is 10.3. The van der Waals surface area contributed by atoms with Crippen LogP contribution in [0.2, 0.25) is 0 Å². The first-order valence-corrected chi connectivity index (χ1v) is 8.26. The van der Waals surface area contributed by atoms with Gasteiger partial charge in [0.1, 0.15) is 0 Å². The lowest BCUT2D eigenvalue weighted by atomic mass is 9.81. The zero-order valence-corrected chi connectivity index (χ0v) is 13.1. The highest BCUT2D eigenvalue weighted by Gasteiger charge is 2.34. The zero-order valence-electron chi connectivity index (χ0n) is 13.1. The Kier molecular flexibility index (Phi) is 4.76. The van der Waals surface area contributed by atoms with Crippen LogP contribution in [0.25, 0.3) is 0 Å². The third-order valence-corrected chi connectivity index (χ3v) is 4.90. The summed E-state index contributed by atoms with van der Waals surface area (Å²) < 4.78 is 5.24. The molecule has 1 aliphatic carbocycles. The maximum Gasteiger partial charge on any atom is 0.213 e. The molecule has 0 radical (unpaired) electrons. The minimum Gasteiger partial charge on any atom is -0.481 e. The standard InChI is InChI=1S/C17H27N3O/c1-21-16-12-15(6-10-18-16)13-20-11-5-9-19-17(14-20)7-3-2-4-8-17/h6,10,12,19H,2-5,7-9,11,13-14H2,1H3. The van der Waals surface area contributed by atoms with Gasteiger partial charge in [0.05, 0.1) is 7.11 Å². The zero-order chi connectivity index (χ0) is 14.5. The van der Waals surface area contributed by atoms with E-state index in [4.69, 9.17) is 4.74 Å². The molecule has 4 heteroatoms. The van der Waals surface area contributed by atoms with Gasteiger partial charge in [0.15, 0.2) is 0 Å². The van der Waals surface area contributed by atoms with Crippen molar-refractivity contribution in [2.24, 2.45) is 0 Å². The molecule has 3 rings (SSSR count). The Hall–Kier alpha value is -1.13. The van der Waals surface area contributed by atoms with E-state index in [1.54, 1.807) is 7.11 Å². The maximum absolute atomic E-state index is 5.24. The lowest BCUT2D eigenvalue weighted by molar-refractivity contribution is 0.159. The summed E-state index contributed by atoms with van der Waals surface area (Å²) in [7, 11) is 1.68. The minimum atomic E-state index is 0.367. The van der Waals surface area contributed by atoms with Crippen molar-refractivity contribution < 1.29 is 4.74 Å². The van der Waals surface area contributed by atoms with Crippen molar-refractivity contribution in [1.29, 1.82) is 0 Å². The second kappa shape index (κ2) is 6.75. The van der Waals surface area contributed by atoms with Crippen LogP contribution in [0.3, 0.4) is 0 Å². The molecule has 1 saturated heterocycles. The Morgan fingerprint density at radius 3 is 2.95 bits per heavy atom. The van der Waals surface area contributed by atoms with E-state index in [2.05, 4.69) is 27.3 Å². The van der Waals surface area contributed by atoms with Crippen molar-refractivity contribution in [2.45, 2.75) is 50.6 Å². The van der Waals surface area contributed by atoms with Crippen LogP contribution in [0.15, 0.2) is 18.3 Å². The van der Waals surface area contributed by atoms with Gasteiger partial charge in [0.25, 0.3) is 0 Å². The van der Waals surface area contributed by atoms with Crippen LogP contribution in [-0.2, 0) is 6.54 Å². The van der Waals surface area contributed by atoms with Crippen molar-refractivity contribution in [3.63, 3.8) is 0 Å². The lowest BCUT2D eigenvalue weighted by Crippen LogP contribution is -2.52. The van der Waals surface area contributed by atoms with Gasteiger partial charge in [-0.25, -0.2) is 4.98 Å². The first kappa shape index (κ1) is 14.8. The molecule has 1 aliphatic heterocycles. The fourth-order valence-electron chi connectivity index (χ4n) is 3.84. The predicted molar refractivity (Wildman–Crippen MR) is 84.5 cm³/mol. The van der Waals surface area contributed by atoms with E-state index in [0.717, 1.165) is 13.1 Å². The molecule has 0 amide bonds. The van der Waals surface area contributed by atoms with Crippen LogP contribution in [0.1, 0.15) is 44.1 Å². The van der Waals surface area contributed by atoms with Crippen molar-refractivity contribution in [3.05, 3.63) is 23.9 Å². The molecule has 0 unspecified atom stereocenters. The van der Waals surface area contributed by atoms with Gasteiger partial charge in [-0.2, -0.15) is 0 Å². The highest BCUT2D eigenvalue weighted by molar-refractivity contribution is 5.20. The number of rotatable bonds is 3. The van der Waals surface area contributed by atoms with Crippen LogP contribution in [0, 0.1) is 0 Å². The minimum absolute atomic E-state index is 0.367. The molecule has 2 aliphatic rings.